The lowest BCUT2D eigenvalue weighted by molar-refractivity contribution is 0.0145. The maximum absolute atomic E-state index is 11.5. The van der Waals surface area contributed by atoms with E-state index in [9.17, 15) is 15.0 Å². The summed E-state index contributed by atoms with van der Waals surface area (Å²) < 4.78 is 0. The first-order valence-corrected chi connectivity index (χ1v) is 6.47. The number of hydrogen-bond donors (Lipinski definition) is 2. The molecule has 4 heteroatoms. The van der Waals surface area contributed by atoms with E-state index in [0.29, 0.717) is 6.42 Å². The fourth-order valence-corrected chi connectivity index (χ4v) is 2.26. The summed E-state index contributed by atoms with van der Waals surface area (Å²) in [6, 6.07) is 9.17. The lowest BCUT2D eigenvalue weighted by Gasteiger charge is -2.41. The first-order valence-electron chi connectivity index (χ1n) is 6.47. The molecular formula is C15H23NO3. The Kier molecular flexibility index (Phi) is 4.95. The Morgan fingerprint density at radius 3 is 2.16 bits per heavy atom. The van der Waals surface area contributed by atoms with Crippen LogP contribution in [0.4, 0.5) is 4.79 Å². The highest BCUT2D eigenvalue weighted by molar-refractivity contribution is 5.66. The van der Waals surface area contributed by atoms with E-state index in [1.54, 1.807) is 6.92 Å². The summed E-state index contributed by atoms with van der Waals surface area (Å²) in [4.78, 5) is 12.8. The fraction of sp³-hybridized carbons (Fsp3) is 0.533. The second-order valence-electron chi connectivity index (χ2n) is 5.82. The van der Waals surface area contributed by atoms with Gasteiger partial charge in [0.2, 0.25) is 0 Å². The second-order valence-corrected chi connectivity index (χ2v) is 5.82. The normalized spacial score (nSPS) is 14.8. The van der Waals surface area contributed by atoms with Crippen molar-refractivity contribution >= 4 is 6.09 Å². The molecule has 0 aliphatic heterocycles. The van der Waals surface area contributed by atoms with Gasteiger partial charge in [-0.1, -0.05) is 30.3 Å². The lowest BCUT2D eigenvalue weighted by atomic mass is 9.95. The zero-order valence-corrected chi connectivity index (χ0v) is 12.0. The van der Waals surface area contributed by atoms with Crippen molar-refractivity contribution in [3.05, 3.63) is 35.9 Å². The molecule has 0 aromatic heterocycles. The Bertz CT molecular complexity index is 409. The third-order valence-corrected chi connectivity index (χ3v) is 3.10. The van der Waals surface area contributed by atoms with Gasteiger partial charge in [0.15, 0.2) is 0 Å². The Labute approximate surface area is 114 Å². The molecule has 2 unspecified atom stereocenters. The average Bonchev–Trinajstić information content (AvgIpc) is 2.27. The van der Waals surface area contributed by atoms with Gasteiger partial charge >= 0.3 is 6.09 Å². The molecule has 0 saturated carbocycles. The minimum atomic E-state index is -1.01. The van der Waals surface area contributed by atoms with Crippen LogP contribution in [-0.2, 0) is 6.42 Å². The van der Waals surface area contributed by atoms with Gasteiger partial charge in [-0.25, -0.2) is 4.79 Å². The lowest BCUT2D eigenvalue weighted by Crippen LogP contribution is -2.55. The van der Waals surface area contributed by atoms with Crippen molar-refractivity contribution in [3.8, 4) is 0 Å². The molecule has 4 nitrogen and oxygen atoms in total. The molecule has 0 heterocycles. The molecule has 0 fully saturated rings. The first-order chi connectivity index (χ1) is 8.73. The zero-order chi connectivity index (χ0) is 14.6. The van der Waals surface area contributed by atoms with Gasteiger partial charge in [0.25, 0.3) is 0 Å². The third kappa shape index (κ3) is 4.24. The number of aliphatic hydroxyl groups is 1. The molecule has 0 aliphatic rings. The van der Waals surface area contributed by atoms with Crippen molar-refractivity contribution < 1.29 is 15.0 Å². The predicted octanol–water partition coefficient (Wildman–Crippen LogP) is 2.76. The van der Waals surface area contributed by atoms with Gasteiger partial charge in [-0.2, -0.15) is 0 Å². The number of nitrogens with zero attached hydrogens (tertiary/aromatic N) is 1. The van der Waals surface area contributed by atoms with E-state index in [1.165, 1.54) is 4.90 Å². The predicted molar refractivity (Wildman–Crippen MR) is 75.2 cm³/mol. The summed E-state index contributed by atoms with van der Waals surface area (Å²) in [7, 11) is 0. The van der Waals surface area contributed by atoms with Gasteiger partial charge in [0, 0.05) is 5.54 Å². The van der Waals surface area contributed by atoms with Crippen molar-refractivity contribution in [1.82, 2.24) is 4.90 Å². The topological polar surface area (TPSA) is 60.8 Å². The average molecular weight is 265 g/mol. The van der Waals surface area contributed by atoms with Crippen molar-refractivity contribution in [1.29, 1.82) is 0 Å². The van der Waals surface area contributed by atoms with Crippen molar-refractivity contribution in [2.75, 3.05) is 0 Å². The molecule has 2 N–H and O–H groups in total. The van der Waals surface area contributed by atoms with Crippen LogP contribution in [0.3, 0.4) is 0 Å². The highest BCUT2D eigenvalue weighted by atomic mass is 16.4. The molecule has 19 heavy (non-hydrogen) atoms. The first kappa shape index (κ1) is 15.5. The van der Waals surface area contributed by atoms with Crippen molar-refractivity contribution in [3.63, 3.8) is 0 Å². The Hall–Kier alpha value is -1.55. The summed E-state index contributed by atoms with van der Waals surface area (Å²) in [5.74, 6) is 0. The van der Waals surface area contributed by atoms with E-state index in [0.717, 1.165) is 5.56 Å². The van der Waals surface area contributed by atoms with Crippen LogP contribution in [0, 0.1) is 0 Å². The largest absolute Gasteiger partial charge is 0.465 e. The number of hydrogen-bond acceptors (Lipinski definition) is 2. The van der Waals surface area contributed by atoms with E-state index in [1.807, 2.05) is 51.1 Å². The molecule has 2 atom stereocenters. The molecular weight excluding hydrogens is 242 g/mol. The van der Waals surface area contributed by atoms with E-state index < -0.39 is 23.8 Å². The Balaban J connectivity index is 3.02. The molecule has 1 amide bonds. The van der Waals surface area contributed by atoms with Crippen LogP contribution in [0.2, 0.25) is 0 Å². The smallest absolute Gasteiger partial charge is 0.408 e. The van der Waals surface area contributed by atoms with Gasteiger partial charge in [-0.05, 0) is 39.7 Å². The molecule has 0 radical (unpaired) electrons. The number of rotatable bonds is 4. The molecule has 1 aromatic rings. The van der Waals surface area contributed by atoms with Crippen LogP contribution in [0.5, 0.6) is 0 Å². The molecule has 0 saturated heterocycles. The highest BCUT2D eigenvalue weighted by Crippen LogP contribution is 2.22. The number of carboxylic acid groups (broad SMARTS) is 1. The number of benzene rings is 1. The van der Waals surface area contributed by atoms with E-state index in [-0.39, 0.29) is 0 Å². The van der Waals surface area contributed by atoms with Crippen LogP contribution < -0.4 is 0 Å². The van der Waals surface area contributed by atoms with E-state index >= 15 is 0 Å². The van der Waals surface area contributed by atoms with E-state index in [4.69, 9.17) is 0 Å². The monoisotopic (exact) mass is 265 g/mol. The molecule has 106 valence electrons. The second kappa shape index (κ2) is 6.06. The van der Waals surface area contributed by atoms with E-state index in [2.05, 4.69) is 0 Å². The summed E-state index contributed by atoms with van der Waals surface area (Å²) in [5, 5.41) is 19.4. The Morgan fingerprint density at radius 2 is 1.79 bits per heavy atom. The van der Waals surface area contributed by atoms with Gasteiger partial charge < -0.3 is 10.2 Å². The van der Waals surface area contributed by atoms with Crippen molar-refractivity contribution in [2.24, 2.45) is 0 Å². The van der Waals surface area contributed by atoms with Crippen molar-refractivity contribution in [2.45, 2.75) is 51.8 Å². The summed E-state index contributed by atoms with van der Waals surface area (Å²) in [5.41, 5.74) is 0.464. The fourth-order valence-electron chi connectivity index (χ4n) is 2.26. The summed E-state index contributed by atoms with van der Waals surface area (Å²) in [6.07, 6.45) is -1.23. The van der Waals surface area contributed by atoms with Gasteiger partial charge in [-0.3, -0.25) is 4.90 Å². The van der Waals surface area contributed by atoms with Crippen LogP contribution in [0.1, 0.15) is 33.3 Å². The molecule has 0 aliphatic carbocycles. The standard InChI is InChI=1S/C15H23NO3/c1-11(17)13(10-12-8-6-5-7-9-12)16(14(18)19)15(2,3)4/h5-9,11,13,17H,10H2,1-4H3,(H,18,19). The molecule has 1 aromatic carbocycles. The van der Waals surface area contributed by atoms with Crippen LogP contribution in [0.15, 0.2) is 30.3 Å². The SMILES string of the molecule is CC(O)C(Cc1ccccc1)N(C(=O)O)C(C)(C)C. The molecule has 0 spiro atoms. The third-order valence-electron chi connectivity index (χ3n) is 3.10. The zero-order valence-electron chi connectivity index (χ0n) is 12.0. The summed E-state index contributed by atoms with van der Waals surface area (Å²) in [6.45, 7) is 7.14. The molecule has 0 bridgehead atoms. The maximum Gasteiger partial charge on any atom is 0.408 e. The van der Waals surface area contributed by atoms with Crippen LogP contribution >= 0.6 is 0 Å². The number of aliphatic hydroxyl groups excluding tert-OH is 1. The summed E-state index contributed by atoms with van der Waals surface area (Å²) >= 11 is 0. The van der Waals surface area contributed by atoms with Crippen LogP contribution in [-0.4, -0.2) is 38.9 Å². The van der Waals surface area contributed by atoms with Gasteiger partial charge in [0.05, 0.1) is 12.1 Å². The Morgan fingerprint density at radius 1 is 1.26 bits per heavy atom. The number of amides is 1. The number of carbonyl (C=O) groups is 1. The van der Waals surface area contributed by atoms with Gasteiger partial charge in [0.1, 0.15) is 0 Å². The maximum atomic E-state index is 11.5. The van der Waals surface area contributed by atoms with Gasteiger partial charge in [-0.15, -0.1) is 0 Å². The highest BCUT2D eigenvalue weighted by Gasteiger charge is 2.35. The minimum absolute atomic E-state index is 0.458. The molecule has 1 rings (SSSR count). The minimum Gasteiger partial charge on any atom is -0.465 e. The quantitative estimate of drug-likeness (QED) is 0.880. The van der Waals surface area contributed by atoms with Crippen LogP contribution in [0.25, 0.3) is 0 Å².